The maximum absolute atomic E-state index is 5.98. The van der Waals surface area contributed by atoms with E-state index in [4.69, 9.17) is 11.6 Å². The van der Waals surface area contributed by atoms with Gasteiger partial charge in [-0.3, -0.25) is 4.90 Å². The van der Waals surface area contributed by atoms with E-state index in [1.54, 1.807) is 0 Å². The van der Waals surface area contributed by atoms with Crippen LogP contribution in [0.1, 0.15) is 26.3 Å². The fourth-order valence-electron chi connectivity index (χ4n) is 1.64. The second kappa shape index (κ2) is 7.00. The van der Waals surface area contributed by atoms with Crippen molar-refractivity contribution in [2.24, 2.45) is 0 Å². The smallest absolute Gasteiger partial charge is 0.0409 e. The molecule has 0 aliphatic carbocycles. The van der Waals surface area contributed by atoms with Crippen LogP contribution in [-0.4, -0.2) is 30.6 Å². The number of likely N-dealkylation sites (N-methyl/N-ethyl adjacent to an activating group) is 1. The molecule has 2 nitrogen and oxygen atoms in total. The van der Waals surface area contributed by atoms with Crippen molar-refractivity contribution < 1.29 is 0 Å². The Morgan fingerprint density at radius 1 is 1.29 bits per heavy atom. The highest BCUT2D eigenvalue weighted by atomic mass is 35.5. The Hall–Kier alpha value is -0.570. The number of hydrogen-bond acceptors (Lipinski definition) is 2. The summed E-state index contributed by atoms with van der Waals surface area (Å²) < 4.78 is 0. The fraction of sp³-hybridized carbons (Fsp3) is 0.571. The lowest BCUT2D eigenvalue weighted by Crippen LogP contribution is -2.39. The van der Waals surface area contributed by atoms with Crippen molar-refractivity contribution in [2.75, 3.05) is 13.6 Å². The summed E-state index contributed by atoms with van der Waals surface area (Å²) in [6.07, 6.45) is 0. The van der Waals surface area contributed by atoms with Gasteiger partial charge in [0, 0.05) is 30.2 Å². The third-order valence-electron chi connectivity index (χ3n) is 2.89. The maximum Gasteiger partial charge on any atom is 0.0409 e. The zero-order chi connectivity index (χ0) is 12.8. The standard InChI is InChI=1S/C14H23ClN2/c1-11(2)16-9-12(3)17(4)10-13-6-5-7-14(15)8-13/h5-8,11-12,16H,9-10H2,1-4H3. The average molecular weight is 255 g/mol. The predicted molar refractivity (Wildman–Crippen MR) is 75.5 cm³/mol. The van der Waals surface area contributed by atoms with Gasteiger partial charge in [0.1, 0.15) is 0 Å². The number of hydrogen-bond donors (Lipinski definition) is 1. The largest absolute Gasteiger partial charge is 0.313 e. The number of rotatable bonds is 6. The topological polar surface area (TPSA) is 15.3 Å². The lowest BCUT2D eigenvalue weighted by atomic mass is 10.2. The van der Waals surface area contributed by atoms with Crippen molar-refractivity contribution >= 4 is 11.6 Å². The Balaban J connectivity index is 2.45. The third kappa shape index (κ3) is 5.53. The molecular weight excluding hydrogens is 232 g/mol. The van der Waals surface area contributed by atoms with E-state index in [0.29, 0.717) is 12.1 Å². The Bertz CT molecular complexity index is 339. The highest BCUT2D eigenvalue weighted by Crippen LogP contribution is 2.13. The summed E-state index contributed by atoms with van der Waals surface area (Å²) in [5.41, 5.74) is 1.26. The van der Waals surface area contributed by atoms with Crippen LogP contribution in [0, 0.1) is 0 Å². The summed E-state index contributed by atoms with van der Waals surface area (Å²) in [5, 5.41) is 4.26. The monoisotopic (exact) mass is 254 g/mol. The van der Waals surface area contributed by atoms with Crippen LogP contribution >= 0.6 is 11.6 Å². The molecule has 1 atom stereocenters. The molecule has 17 heavy (non-hydrogen) atoms. The number of halogens is 1. The molecule has 1 N–H and O–H groups in total. The molecule has 1 unspecified atom stereocenters. The normalized spacial score (nSPS) is 13.4. The Labute approximate surface area is 110 Å². The number of benzene rings is 1. The molecule has 0 saturated heterocycles. The molecule has 0 amide bonds. The lowest BCUT2D eigenvalue weighted by molar-refractivity contribution is 0.239. The third-order valence-corrected chi connectivity index (χ3v) is 3.13. The van der Waals surface area contributed by atoms with Crippen molar-refractivity contribution in [3.8, 4) is 0 Å². The molecule has 0 bridgehead atoms. The highest BCUT2D eigenvalue weighted by Gasteiger charge is 2.09. The first-order chi connectivity index (χ1) is 7.99. The van der Waals surface area contributed by atoms with Crippen LogP contribution in [0.25, 0.3) is 0 Å². The van der Waals surface area contributed by atoms with E-state index in [-0.39, 0.29) is 0 Å². The molecule has 1 aromatic rings. The van der Waals surface area contributed by atoms with Crippen LogP contribution in [0.5, 0.6) is 0 Å². The van der Waals surface area contributed by atoms with E-state index >= 15 is 0 Å². The van der Waals surface area contributed by atoms with Gasteiger partial charge in [0.15, 0.2) is 0 Å². The van der Waals surface area contributed by atoms with Gasteiger partial charge in [0.25, 0.3) is 0 Å². The number of nitrogens with one attached hydrogen (secondary N) is 1. The van der Waals surface area contributed by atoms with E-state index in [1.165, 1.54) is 5.56 Å². The summed E-state index contributed by atoms with van der Waals surface area (Å²) in [6, 6.07) is 9.11. The molecule has 0 saturated carbocycles. The lowest BCUT2D eigenvalue weighted by Gasteiger charge is -2.26. The van der Waals surface area contributed by atoms with Crippen LogP contribution in [0.2, 0.25) is 5.02 Å². The van der Waals surface area contributed by atoms with Crippen molar-refractivity contribution in [1.82, 2.24) is 10.2 Å². The Kier molecular flexibility index (Phi) is 5.96. The molecule has 0 radical (unpaired) electrons. The van der Waals surface area contributed by atoms with Crippen molar-refractivity contribution in [1.29, 1.82) is 0 Å². The molecule has 1 aromatic carbocycles. The fourth-order valence-corrected chi connectivity index (χ4v) is 1.85. The predicted octanol–water partition coefficient (Wildman–Crippen LogP) is 3.16. The van der Waals surface area contributed by atoms with Gasteiger partial charge in [0.05, 0.1) is 0 Å². The summed E-state index contributed by atoms with van der Waals surface area (Å²) in [6.45, 7) is 8.52. The zero-order valence-corrected chi connectivity index (χ0v) is 12.0. The first kappa shape index (κ1) is 14.5. The highest BCUT2D eigenvalue weighted by molar-refractivity contribution is 6.30. The van der Waals surface area contributed by atoms with E-state index < -0.39 is 0 Å². The van der Waals surface area contributed by atoms with E-state index in [0.717, 1.165) is 18.1 Å². The van der Waals surface area contributed by atoms with Gasteiger partial charge in [-0.1, -0.05) is 37.6 Å². The summed E-state index contributed by atoms with van der Waals surface area (Å²) in [7, 11) is 2.15. The zero-order valence-electron chi connectivity index (χ0n) is 11.2. The van der Waals surface area contributed by atoms with E-state index in [9.17, 15) is 0 Å². The second-order valence-electron chi connectivity index (χ2n) is 4.96. The molecule has 1 rings (SSSR count). The SMILES string of the molecule is CC(C)NCC(C)N(C)Cc1cccc(Cl)c1. The average Bonchev–Trinajstić information content (AvgIpc) is 2.25. The molecule has 0 heterocycles. The van der Waals surface area contributed by atoms with Crippen LogP contribution < -0.4 is 5.32 Å². The van der Waals surface area contributed by atoms with Gasteiger partial charge in [-0.15, -0.1) is 0 Å². The molecular formula is C14H23ClN2. The molecule has 0 spiro atoms. The first-order valence-electron chi connectivity index (χ1n) is 6.17. The van der Waals surface area contributed by atoms with Crippen LogP contribution in [0.15, 0.2) is 24.3 Å². The summed E-state index contributed by atoms with van der Waals surface area (Å²) in [5.74, 6) is 0. The van der Waals surface area contributed by atoms with Gasteiger partial charge in [0.2, 0.25) is 0 Å². The molecule has 0 fully saturated rings. The van der Waals surface area contributed by atoms with Gasteiger partial charge >= 0.3 is 0 Å². The number of nitrogens with zero attached hydrogens (tertiary/aromatic N) is 1. The van der Waals surface area contributed by atoms with Crippen LogP contribution in [0.4, 0.5) is 0 Å². The van der Waals surface area contributed by atoms with Gasteiger partial charge in [-0.2, -0.15) is 0 Å². The second-order valence-corrected chi connectivity index (χ2v) is 5.39. The minimum atomic E-state index is 0.511. The first-order valence-corrected chi connectivity index (χ1v) is 6.55. The molecule has 0 aliphatic rings. The Morgan fingerprint density at radius 3 is 2.59 bits per heavy atom. The quantitative estimate of drug-likeness (QED) is 0.839. The van der Waals surface area contributed by atoms with E-state index in [2.05, 4.69) is 44.1 Å². The van der Waals surface area contributed by atoms with Crippen molar-refractivity contribution in [3.63, 3.8) is 0 Å². The molecule has 0 aromatic heterocycles. The van der Waals surface area contributed by atoms with Crippen LogP contribution in [0.3, 0.4) is 0 Å². The Morgan fingerprint density at radius 2 is 2.00 bits per heavy atom. The van der Waals surface area contributed by atoms with Crippen molar-refractivity contribution in [2.45, 2.75) is 39.4 Å². The molecule has 0 aliphatic heterocycles. The molecule has 3 heteroatoms. The summed E-state index contributed by atoms with van der Waals surface area (Å²) >= 11 is 5.98. The van der Waals surface area contributed by atoms with Crippen LogP contribution in [-0.2, 0) is 6.54 Å². The van der Waals surface area contributed by atoms with Gasteiger partial charge < -0.3 is 5.32 Å². The van der Waals surface area contributed by atoms with Gasteiger partial charge in [-0.05, 0) is 31.7 Å². The maximum atomic E-state index is 5.98. The molecule has 96 valence electrons. The van der Waals surface area contributed by atoms with E-state index in [1.807, 2.05) is 18.2 Å². The summed E-state index contributed by atoms with van der Waals surface area (Å²) in [4.78, 5) is 2.33. The minimum Gasteiger partial charge on any atom is -0.313 e. The van der Waals surface area contributed by atoms with Gasteiger partial charge in [-0.25, -0.2) is 0 Å². The minimum absolute atomic E-state index is 0.511. The van der Waals surface area contributed by atoms with Crippen molar-refractivity contribution in [3.05, 3.63) is 34.9 Å².